The molecule has 1 heterocycles. The van der Waals surface area contributed by atoms with E-state index in [9.17, 15) is 5.11 Å². The van der Waals surface area contributed by atoms with E-state index in [4.69, 9.17) is 4.74 Å². The van der Waals surface area contributed by atoms with Crippen molar-refractivity contribution < 1.29 is 9.84 Å². The van der Waals surface area contributed by atoms with Gasteiger partial charge in [-0.1, -0.05) is 12.2 Å². The second-order valence-corrected chi connectivity index (χ2v) is 2.79. The van der Waals surface area contributed by atoms with Gasteiger partial charge in [0.05, 0.1) is 18.2 Å². The molecule has 1 rings (SSSR count). The van der Waals surface area contributed by atoms with E-state index in [1.165, 1.54) is 0 Å². The number of methoxy groups -OCH3 is 1. The molecule has 0 saturated heterocycles. The third-order valence-corrected chi connectivity index (χ3v) is 2.04. The van der Waals surface area contributed by atoms with Crippen LogP contribution in [0.4, 0.5) is 0 Å². The van der Waals surface area contributed by atoms with Crippen LogP contribution >= 0.6 is 0 Å². The lowest BCUT2D eigenvalue weighted by atomic mass is 10.1. The molecule has 0 aromatic rings. The molecule has 3 heteroatoms. The monoisotopic (exact) mass is 157 g/mol. The first kappa shape index (κ1) is 8.71. The van der Waals surface area contributed by atoms with Crippen molar-refractivity contribution in [1.82, 2.24) is 5.32 Å². The van der Waals surface area contributed by atoms with E-state index in [0.717, 1.165) is 6.54 Å². The van der Waals surface area contributed by atoms with Gasteiger partial charge in [-0.15, -0.1) is 0 Å². The first-order valence-electron chi connectivity index (χ1n) is 3.86. The molecule has 0 aromatic carbocycles. The Labute approximate surface area is 67.1 Å². The van der Waals surface area contributed by atoms with Crippen LogP contribution in [-0.2, 0) is 4.74 Å². The maximum Gasteiger partial charge on any atom is 0.0987 e. The second kappa shape index (κ2) is 3.85. The number of rotatable bonds is 3. The smallest absolute Gasteiger partial charge is 0.0987 e. The Bertz CT molecular complexity index is 147. The summed E-state index contributed by atoms with van der Waals surface area (Å²) >= 11 is 0. The molecule has 1 aliphatic heterocycles. The van der Waals surface area contributed by atoms with Crippen molar-refractivity contribution in [3.05, 3.63) is 12.2 Å². The van der Waals surface area contributed by atoms with Crippen LogP contribution in [0, 0.1) is 0 Å². The standard InChI is InChI=1S/C8H15NO2/c1-6(11-2)8(10)7-4-3-5-9-7/h3-4,6-10H,5H2,1-2H3. The van der Waals surface area contributed by atoms with E-state index < -0.39 is 6.10 Å². The molecule has 3 nitrogen and oxygen atoms in total. The van der Waals surface area contributed by atoms with E-state index in [1.54, 1.807) is 7.11 Å². The van der Waals surface area contributed by atoms with Gasteiger partial charge in [0.1, 0.15) is 0 Å². The fourth-order valence-corrected chi connectivity index (χ4v) is 1.15. The zero-order chi connectivity index (χ0) is 8.27. The van der Waals surface area contributed by atoms with Crippen molar-refractivity contribution >= 4 is 0 Å². The lowest BCUT2D eigenvalue weighted by Crippen LogP contribution is -2.42. The fraction of sp³-hybridized carbons (Fsp3) is 0.750. The summed E-state index contributed by atoms with van der Waals surface area (Å²) in [6, 6.07) is 0.0601. The van der Waals surface area contributed by atoms with E-state index in [1.807, 2.05) is 19.1 Å². The first-order chi connectivity index (χ1) is 5.25. The lowest BCUT2D eigenvalue weighted by molar-refractivity contribution is -0.00985. The van der Waals surface area contributed by atoms with E-state index in [-0.39, 0.29) is 12.1 Å². The normalized spacial score (nSPS) is 28.8. The highest BCUT2D eigenvalue weighted by atomic mass is 16.5. The Balaban J connectivity index is 2.39. The van der Waals surface area contributed by atoms with Gasteiger partial charge in [0, 0.05) is 13.7 Å². The minimum absolute atomic E-state index is 0.0601. The summed E-state index contributed by atoms with van der Waals surface area (Å²) < 4.78 is 5.00. The Kier molecular flexibility index (Phi) is 3.05. The van der Waals surface area contributed by atoms with Crippen LogP contribution in [0.2, 0.25) is 0 Å². The first-order valence-corrected chi connectivity index (χ1v) is 3.86. The molecule has 2 N–H and O–H groups in total. The van der Waals surface area contributed by atoms with Gasteiger partial charge in [-0.3, -0.25) is 0 Å². The number of nitrogens with one attached hydrogen (secondary N) is 1. The van der Waals surface area contributed by atoms with E-state index in [0.29, 0.717) is 0 Å². The van der Waals surface area contributed by atoms with Gasteiger partial charge in [0.15, 0.2) is 0 Å². The topological polar surface area (TPSA) is 41.5 Å². The molecular weight excluding hydrogens is 142 g/mol. The highest BCUT2D eigenvalue weighted by Gasteiger charge is 2.23. The van der Waals surface area contributed by atoms with E-state index in [2.05, 4.69) is 5.32 Å². The summed E-state index contributed by atoms with van der Waals surface area (Å²) in [6.07, 6.45) is 3.42. The number of aliphatic hydroxyl groups excluding tert-OH is 1. The minimum atomic E-state index is -0.446. The predicted molar refractivity (Wildman–Crippen MR) is 43.4 cm³/mol. The molecule has 0 amide bonds. The van der Waals surface area contributed by atoms with Gasteiger partial charge in [-0.2, -0.15) is 0 Å². The molecule has 0 saturated carbocycles. The molecular formula is C8H15NO2. The largest absolute Gasteiger partial charge is 0.388 e. The van der Waals surface area contributed by atoms with Crippen LogP contribution in [0.5, 0.6) is 0 Å². The number of ether oxygens (including phenoxy) is 1. The van der Waals surface area contributed by atoms with Crippen LogP contribution < -0.4 is 5.32 Å². The summed E-state index contributed by atoms with van der Waals surface area (Å²) in [7, 11) is 1.60. The third kappa shape index (κ3) is 2.02. The van der Waals surface area contributed by atoms with Gasteiger partial charge < -0.3 is 15.2 Å². The molecule has 1 aliphatic rings. The molecule has 0 fully saturated rings. The fourth-order valence-electron chi connectivity index (χ4n) is 1.15. The number of hydrogen-bond acceptors (Lipinski definition) is 3. The Morgan fingerprint density at radius 3 is 2.91 bits per heavy atom. The summed E-state index contributed by atoms with van der Waals surface area (Å²) in [5, 5.41) is 12.7. The van der Waals surface area contributed by atoms with Crippen molar-refractivity contribution in [2.24, 2.45) is 0 Å². The highest BCUT2D eigenvalue weighted by molar-refractivity contribution is 5.06. The van der Waals surface area contributed by atoms with Crippen molar-refractivity contribution in [3.8, 4) is 0 Å². The molecule has 3 unspecified atom stereocenters. The van der Waals surface area contributed by atoms with Crippen LogP contribution in [0.25, 0.3) is 0 Å². The predicted octanol–water partition coefficient (Wildman–Crippen LogP) is -0.0898. The van der Waals surface area contributed by atoms with Crippen molar-refractivity contribution in [2.45, 2.75) is 25.2 Å². The molecule has 0 radical (unpaired) electrons. The summed E-state index contributed by atoms with van der Waals surface area (Å²) in [6.45, 7) is 2.71. The second-order valence-electron chi connectivity index (χ2n) is 2.79. The van der Waals surface area contributed by atoms with Crippen molar-refractivity contribution in [1.29, 1.82) is 0 Å². The van der Waals surface area contributed by atoms with Gasteiger partial charge in [-0.25, -0.2) is 0 Å². The maximum atomic E-state index is 9.58. The summed E-state index contributed by atoms with van der Waals surface area (Å²) in [5.41, 5.74) is 0. The van der Waals surface area contributed by atoms with Gasteiger partial charge in [0.2, 0.25) is 0 Å². The molecule has 0 aliphatic carbocycles. The molecule has 0 bridgehead atoms. The SMILES string of the molecule is COC(C)C(O)C1C=CCN1. The minimum Gasteiger partial charge on any atom is -0.388 e. The quantitative estimate of drug-likeness (QED) is 0.563. The summed E-state index contributed by atoms with van der Waals surface area (Å²) in [4.78, 5) is 0. The summed E-state index contributed by atoms with van der Waals surface area (Å²) in [5.74, 6) is 0. The van der Waals surface area contributed by atoms with Crippen molar-refractivity contribution in [3.63, 3.8) is 0 Å². The molecule has 0 spiro atoms. The number of aliphatic hydroxyl groups is 1. The molecule has 3 atom stereocenters. The third-order valence-electron chi connectivity index (χ3n) is 2.04. The zero-order valence-electron chi connectivity index (χ0n) is 6.95. The van der Waals surface area contributed by atoms with Crippen LogP contribution in [-0.4, -0.2) is 37.0 Å². The average molecular weight is 157 g/mol. The lowest BCUT2D eigenvalue weighted by Gasteiger charge is -2.22. The van der Waals surface area contributed by atoms with E-state index >= 15 is 0 Å². The molecule has 64 valence electrons. The molecule has 11 heavy (non-hydrogen) atoms. The molecule has 0 aromatic heterocycles. The van der Waals surface area contributed by atoms with Crippen LogP contribution in [0.15, 0.2) is 12.2 Å². The van der Waals surface area contributed by atoms with Gasteiger partial charge in [0.25, 0.3) is 0 Å². The Hall–Kier alpha value is -0.380. The van der Waals surface area contributed by atoms with Crippen LogP contribution in [0.1, 0.15) is 6.92 Å². The maximum absolute atomic E-state index is 9.58. The van der Waals surface area contributed by atoms with Gasteiger partial charge in [-0.05, 0) is 6.92 Å². The zero-order valence-corrected chi connectivity index (χ0v) is 6.95. The van der Waals surface area contributed by atoms with Crippen molar-refractivity contribution in [2.75, 3.05) is 13.7 Å². The average Bonchev–Trinajstić information content (AvgIpc) is 2.53. The number of hydrogen-bond donors (Lipinski definition) is 2. The van der Waals surface area contributed by atoms with Crippen LogP contribution in [0.3, 0.4) is 0 Å². The van der Waals surface area contributed by atoms with Gasteiger partial charge >= 0.3 is 0 Å². The Morgan fingerprint density at radius 2 is 2.45 bits per heavy atom. The Morgan fingerprint density at radius 1 is 1.73 bits per heavy atom. The highest BCUT2D eigenvalue weighted by Crippen LogP contribution is 2.07.